The van der Waals surface area contributed by atoms with Gasteiger partial charge in [-0.1, -0.05) is 35.5 Å². The van der Waals surface area contributed by atoms with E-state index in [0.29, 0.717) is 24.7 Å². The van der Waals surface area contributed by atoms with Crippen molar-refractivity contribution in [3.63, 3.8) is 0 Å². The van der Waals surface area contributed by atoms with E-state index < -0.39 is 0 Å². The third-order valence-corrected chi connectivity index (χ3v) is 6.02. The monoisotopic (exact) mass is 354 g/mol. The van der Waals surface area contributed by atoms with Crippen LogP contribution in [-0.4, -0.2) is 59.1 Å². The second-order valence-electron chi connectivity index (χ2n) is 7.83. The molecule has 4 rings (SSSR count). The zero-order valence-corrected chi connectivity index (χ0v) is 15.5. The topological polar surface area (TPSA) is 62.5 Å². The molecule has 1 atom stereocenters. The Morgan fingerprint density at radius 3 is 2.65 bits per heavy atom. The number of hydrogen-bond acceptors (Lipinski definition) is 5. The van der Waals surface area contributed by atoms with E-state index >= 15 is 0 Å². The van der Waals surface area contributed by atoms with E-state index in [1.54, 1.807) is 0 Å². The highest BCUT2D eigenvalue weighted by atomic mass is 16.5. The largest absolute Gasteiger partial charge is 0.341 e. The summed E-state index contributed by atoms with van der Waals surface area (Å²) in [5.74, 6) is 1.68. The Bertz CT molecular complexity index is 765. The van der Waals surface area contributed by atoms with Gasteiger partial charge in [-0.3, -0.25) is 4.79 Å². The average molecular weight is 354 g/mol. The zero-order valence-electron chi connectivity index (χ0n) is 15.5. The maximum absolute atomic E-state index is 12.9. The number of amides is 1. The number of aromatic nitrogens is 2. The Labute approximate surface area is 154 Å². The van der Waals surface area contributed by atoms with Gasteiger partial charge in [0, 0.05) is 18.5 Å². The summed E-state index contributed by atoms with van der Waals surface area (Å²) < 4.78 is 5.54. The highest BCUT2D eigenvalue weighted by molar-refractivity contribution is 5.79. The maximum Gasteiger partial charge on any atom is 0.232 e. The van der Waals surface area contributed by atoms with Gasteiger partial charge in [-0.2, -0.15) is 4.98 Å². The lowest BCUT2D eigenvalue weighted by atomic mass is 9.71. The Kier molecular flexibility index (Phi) is 4.53. The van der Waals surface area contributed by atoms with E-state index in [1.807, 2.05) is 42.2 Å². The Hall–Kier alpha value is -2.21. The van der Waals surface area contributed by atoms with Crippen LogP contribution in [0.1, 0.15) is 36.0 Å². The molecule has 2 aromatic rings. The van der Waals surface area contributed by atoms with Crippen molar-refractivity contribution in [1.82, 2.24) is 19.9 Å². The number of aryl methyl sites for hydroxylation is 1. The molecule has 26 heavy (non-hydrogen) atoms. The second kappa shape index (κ2) is 6.83. The maximum atomic E-state index is 12.9. The van der Waals surface area contributed by atoms with E-state index in [0.717, 1.165) is 38.0 Å². The van der Waals surface area contributed by atoms with Gasteiger partial charge in [0.15, 0.2) is 5.82 Å². The van der Waals surface area contributed by atoms with Crippen LogP contribution in [0.15, 0.2) is 34.9 Å². The van der Waals surface area contributed by atoms with Crippen LogP contribution in [0.5, 0.6) is 0 Å². The molecule has 0 aliphatic carbocycles. The van der Waals surface area contributed by atoms with Crippen LogP contribution in [0.4, 0.5) is 0 Å². The normalized spacial score (nSPS) is 22.8. The Morgan fingerprint density at radius 1 is 1.27 bits per heavy atom. The predicted octanol–water partition coefficient (Wildman–Crippen LogP) is 2.26. The summed E-state index contributed by atoms with van der Waals surface area (Å²) >= 11 is 0. The molecule has 1 amide bonds. The molecular formula is C20H26N4O2. The first kappa shape index (κ1) is 17.2. The van der Waals surface area contributed by atoms with E-state index in [4.69, 9.17) is 4.52 Å². The molecule has 0 N–H and O–H groups in total. The van der Waals surface area contributed by atoms with Gasteiger partial charge in [-0.15, -0.1) is 0 Å². The first-order valence-electron chi connectivity index (χ1n) is 9.36. The highest BCUT2D eigenvalue weighted by Gasteiger charge is 2.51. The molecule has 138 valence electrons. The quantitative estimate of drug-likeness (QED) is 0.846. The molecule has 0 radical (unpaired) electrons. The molecule has 0 bridgehead atoms. The molecule has 2 fully saturated rings. The third-order valence-electron chi connectivity index (χ3n) is 6.02. The SMILES string of the molecule is Cc1noc([C@H]2CN(C(=O)Cc3ccccc3)CC23CCN(C)CC3)n1. The van der Waals surface area contributed by atoms with Crippen molar-refractivity contribution in [2.45, 2.75) is 32.1 Å². The van der Waals surface area contributed by atoms with Crippen molar-refractivity contribution in [1.29, 1.82) is 0 Å². The molecule has 6 nitrogen and oxygen atoms in total. The van der Waals surface area contributed by atoms with Gasteiger partial charge in [0.25, 0.3) is 0 Å². The third kappa shape index (κ3) is 3.26. The summed E-state index contributed by atoms with van der Waals surface area (Å²) in [7, 11) is 2.16. The number of nitrogens with zero attached hydrogens (tertiary/aromatic N) is 4. The van der Waals surface area contributed by atoms with Crippen LogP contribution < -0.4 is 0 Å². The molecule has 2 saturated heterocycles. The zero-order chi connectivity index (χ0) is 18.1. The fourth-order valence-corrected chi connectivity index (χ4v) is 4.41. The summed E-state index contributed by atoms with van der Waals surface area (Å²) in [4.78, 5) is 21.8. The predicted molar refractivity (Wildman–Crippen MR) is 97.7 cm³/mol. The summed E-state index contributed by atoms with van der Waals surface area (Å²) in [6, 6.07) is 9.96. The highest BCUT2D eigenvalue weighted by Crippen LogP contribution is 2.49. The molecule has 1 aromatic heterocycles. The van der Waals surface area contributed by atoms with E-state index in [-0.39, 0.29) is 17.2 Å². The molecule has 2 aliphatic heterocycles. The lowest BCUT2D eigenvalue weighted by Crippen LogP contribution is -2.42. The molecular weight excluding hydrogens is 328 g/mol. The molecule has 3 heterocycles. The molecule has 0 saturated carbocycles. The molecule has 2 aliphatic rings. The molecule has 1 spiro atoms. The van der Waals surface area contributed by atoms with Crippen molar-refractivity contribution in [2.24, 2.45) is 5.41 Å². The average Bonchev–Trinajstić information content (AvgIpc) is 3.23. The van der Waals surface area contributed by atoms with Crippen molar-refractivity contribution in [2.75, 3.05) is 33.2 Å². The second-order valence-corrected chi connectivity index (χ2v) is 7.83. The number of likely N-dealkylation sites (tertiary alicyclic amines) is 2. The van der Waals surface area contributed by atoms with Gasteiger partial charge >= 0.3 is 0 Å². The number of hydrogen-bond donors (Lipinski definition) is 0. The molecule has 1 aromatic carbocycles. The van der Waals surface area contributed by atoms with E-state index in [9.17, 15) is 4.79 Å². The first-order valence-corrected chi connectivity index (χ1v) is 9.36. The first-order chi connectivity index (χ1) is 12.6. The Morgan fingerprint density at radius 2 is 2.00 bits per heavy atom. The fraction of sp³-hybridized carbons (Fsp3) is 0.550. The standard InChI is InChI=1S/C20H26N4O2/c1-15-21-19(26-22-15)17-13-24(14-20(17)8-10-23(2)11-9-20)18(25)12-16-6-4-3-5-7-16/h3-7,17H,8-14H2,1-2H3/t17-/m1/s1. The van der Waals surface area contributed by atoms with Gasteiger partial charge in [0.1, 0.15) is 0 Å². The molecule has 6 heteroatoms. The van der Waals surface area contributed by atoms with Gasteiger partial charge in [0.05, 0.1) is 12.3 Å². The summed E-state index contributed by atoms with van der Waals surface area (Å²) in [6.45, 7) is 5.41. The lowest BCUT2D eigenvalue weighted by Gasteiger charge is -2.40. The number of carbonyl (C=O) groups is 1. The van der Waals surface area contributed by atoms with Crippen molar-refractivity contribution in [3.8, 4) is 0 Å². The number of rotatable bonds is 3. The van der Waals surface area contributed by atoms with E-state index in [2.05, 4.69) is 22.1 Å². The van der Waals surface area contributed by atoms with Gasteiger partial charge in [-0.25, -0.2) is 0 Å². The smallest absolute Gasteiger partial charge is 0.232 e. The molecule has 0 unspecified atom stereocenters. The fourth-order valence-electron chi connectivity index (χ4n) is 4.41. The van der Waals surface area contributed by atoms with Crippen LogP contribution in [0.3, 0.4) is 0 Å². The Balaban J connectivity index is 1.56. The minimum absolute atomic E-state index is 0.0534. The van der Waals surface area contributed by atoms with Crippen molar-refractivity contribution in [3.05, 3.63) is 47.6 Å². The van der Waals surface area contributed by atoms with Gasteiger partial charge < -0.3 is 14.3 Å². The van der Waals surface area contributed by atoms with Crippen LogP contribution in [0.25, 0.3) is 0 Å². The van der Waals surface area contributed by atoms with Gasteiger partial charge in [0.2, 0.25) is 11.8 Å². The lowest BCUT2D eigenvalue weighted by molar-refractivity contribution is -0.130. The van der Waals surface area contributed by atoms with Crippen LogP contribution in [0, 0.1) is 12.3 Å². The minimum atomic E-state index is 0.0534. The number of benzene rings is 1. The van der Waals surface area contributed by atoms with Crippen LogP contribution in [-0.2, 0) is 11.2 Å². The van der Waals surface area contributed by atoms with Crippen LogP contribution in [0.2, 0.25) is 0 Å². The number of carbonyl (C=O) groups excluding carboxylic acids is 1. The van der Waals surface area contributed by atoms with Crippen LogP contribution >= 0.6 is 0 Å². The van der Waals surface area contributed by atoms with Crippen molar-refractivity contribution >= 4 is 5.91 Å². The van der Waals surface area contributed by atoms with E-state index in [1.165, 1.54) is 0 Å². The minimum Gasteiger partial charge on any atom is -0.341 e. The number of piperidine rings is 1. The summed E-state index contributed by atoms with van der Waals surface area (Å²) in [5, 5.41) is 3.99. The van der Waals surface area contributed by atoms with Crippen molar-refractivity contribution < 1.29 is 9.32 Å². The van der Waals surface area contributed by atoms with Gasteiger partial charge in [-0.05, 0) is 45.5 Å². The summed E-state index contributed by atoms with van der Waals surface area (Å²) in [5.41, 5.74) is 1.12. The summed E-state index contributed by atoms with van der Waals surface area (Å²) in [6.07, 6.45) is 2.57.